The highest BCUT2D eigenvalue weighted by Gasteiger charge is 2.48. The van der Waals surface area contributed by atoms with Gasteiger partial charge < -0.3 is 25.0 Å². The average molecular weight is 396 g/mol. The molecule has 2 unspecified atom stereocenters. The molecule has 10 nitrogen and oxygen atoms in total. The van der Waals surface area contributed by atoms with Gasteiger partial charge in [-0.2, -0.15) is 9.36 Å². The first kappa shape index (κ1) is 19.4. The zero-order chi connectivity index (χ0) is 19.9. The Labute approximate surface area is 159 Å². The smallest absolute Gasteiger partial charge is 0.311 e. The summed E-state index contributed by atoms with van der Waals surface area (Å²) in [6.07, 6.45) is 2.37. The third-order valence-corrected chi connectivity index (χ3v) is 6.47. The van der Waals surface area contributed by atoms with E-state index in [-0.39, 0.29) is 10.9 Å². The van der Waals surface area contributed by atoms with Crippen LogP contribution in [0, 0.1) is 11.8 Å². The van der Waals surface area contributed by atoms with E-state index < -0.39 is 35.9 Å². The number of hydrogen-bond donors (Lipinski definition) is 2. The van der Waals surface area contributed by atoms with E-state index in [2.05, 4.69) is 4.98 Å². The van der Waals surface area contributed by atoms with Crippen LogP contribution in [0.1, 0.15) is 13.8 Å². The molecular formula is C16H20N4O6S. The van der Waals surface area contributed by atoms with Gasteiger partial charge in [0.25, 0.3) is 0 Å². The van der Waals surface area contributed by atoms with E-state index in [0.717, 1.165) is 4.90 Å². The number of carboxylic acids is 2. The lowest BCUT2D eigenvalue weighted by molar-refractivity contribution is -0.758. The van der Waals surface area contributed by atoms with Gasteiger partial charge in [0.1, 0.15) is 12.5 Å². The zero-order valence-electron chi connectivity index (χ0n) is 14.8. The number of rotatable bonds is 7. The molecule has 0 bridgehead atoms. The number of amides is 1. The minimum atomic E-state index is -1.54. The van der Waals surface area contributed by atoms with Gasteiger partial charge in [0.2, 0.25) is 12.7 Å². The molecule has 146 valence electrons. The Bertz CT molecular complexity index is 786. The summed E-state index contributed by atoms with van der Waals surface area (Å²) in [6, 6.07) is -1.01. The van der Waals surface area contributed by atoms with Crippen molar-refractivity contribution in [3.8, 4) is 0 Å². The molecule has 0 fully saturated rings. The summed E-state index contributed by atoms with van der Waals surface area (Å²) in [6.45, 7) is 4.19. The van der Waals surface area contributed by atoms with Crippen molar-refractivity contribution in [3.05, 3.63) is 23.3 Å². The molecule has 3 heterocycles. The number of carbonyl (C=O) groups excluding carboxylic acids is 2. The third-order valence-electron chi connectivity index (χ3n) is 5.02. The molecule has 2 aliphatic heterocycles. The number of thioether (sulfide) groups is 1. The molecule has 0 saturated carbocycles. The van der Waals surface area contributed by atoms with E-state index in [4.69, 9.17) is 0 Å². The van der Waals surface area contributed by atoms with Gasteiger partial charge in [0.15, 0.2) is 0 Å². The van der Waals surface area contributed by atoms with Gasteiger partial charge in [-0.15, -0.1) is 11.8 Å². The molecule has 1 aromatic rings. The fraction of sp³-hybridized carbons (Fsp3) is 0.562. The predicted octanol–water partition coefficient (Wildman–Crippen LogP) is -2.19. The van der Waals surface area contributed by atoms with Crippen LogP contribution >= 0.6 is 11.8 Å². The summed E-state index contributed by atoms with van der Waals surface area (Å²) >= 11 is 1.30. The maximum Gasteiger partial charge on any atom is 0.311 e. The molecule has 0 aromatic carbocycles. The molecule has 0 spiro atoms. The lowest BCUT2D eigenvalue weighted by Gasteiger charge is -2.32. The molecule has 2 aliphatic rings. The van der Waals surface area contributed by atoms with Crippen molar-refractivity contribution >= 4 is 30.1 Å². The van der Waals surface area contributed by atoms with Crippen LogP contribution in [0.2, 0.25) is 0 Å². The van der Waals surface area contributed by atoms with Gasteiger partial charge in [-0.3, -0.25) is 9.59 Å². The highest BCUT2D eigenvalue weighted by molar-refractivity contribution is 8.03. The monoisotopic (exact) mass is 396 g/mol. The van der Waals surface area contributed by atoms with Crippen molar-refractivity contribution in [2.45, 2.75) is 44.3 Å². The quantitative estimate of drug-likeness (QED) is 0.391. The summed E-state index contributed by atoms with van der Waals surface area (Å²) in [7, 11) is 0. The van der Waals surface area contributed by atoms with E-state index in [1.54, 1.807) is 19.6 Å². The van der Waals surface area contributed by atoms with E-state index in [0.29, 0.717) is 24.4 Å². The van der Waals surface area contributed by atoms with Crippen molar-refractivity contribution in [3.63, 3.8) is 0 Å². The minimum Gasteiger partial charge on any atom is -0.543 e. The van der Waals surface area contributed by atoms with Gasteiger partial charge in [-0.05, 0) is 11.9 Å². The zero-order valence-corrected chi connectivity index (χ0v) is 15.6. The fourth-order valence-electron chi connectivity index (χ4n) is 3.85. The Morgan fingerprint density at radius 3 is 2.74 bits per heavy atom. The van der Waals surface area contributed by atoms with E-state index in [1.807, 2.05) is 9.36 Å². The van der Waals surface area contributed by atoms with Crippen molar-refractivity contribution in [2.24, 2.45) is 11.8 Å². The summed E-state index contributed by atoms with van der Waals surface area (Å²) < 4.78 is 3.78. The van der Waals surface area contributed by atoms with E-state index in [1.165, 1.54) is 18.7 Å². The number of aliphatic hydroxyl groups is 1. The number of aliphatic carboxylic acids is 2. The van der Waals surface area contributed by atoms with Crippen LogP contribution in [-0.2, 0) is 27.5 Å². The van der Waals surface area contributed by atoms with E-state index >= 15 is 0 Å². The summed E-state index contributed by atoms with van der Waals surface area (Å²) in [5.74, 6) is -4.74. The van der Waals surface area contributed by atoms with Crippen LogP contribution in [0.3, 0.4) is 0 Å². The Morgan fingerprint density at radius 2 is 2.22 bits per heavy atom. The Kier molecular flexibility index (Phi) is 5.24. The maximum absolute atomic E-state index is 11.8. The first-order valence-corrected chi connectivity index (χ1v) is 9.30. The van der Waals surface area contributed by atoms with Gasteiger partial charge in [0, 0.05) is 10.8 Å². The SMILES string of the molecule is C[C@@H]1C(SC2Cn3cnc[n+]3C2)=C(C(=O)[O-])N(C=O)C1C(C(=O)O)[C@@H](C)O. The van der Waals surface area contributed by atoms with Crippen molar-refractivity contribution in [2.75, 3.05) is 0 Å². The Hall–Kier alpha value is -2.40. The second kappa shape index (κ2) is 7.31. The van der Waals surface area contributed by atoms with Crippen LogP contribution in [-0.4, -0.2) is 60.5 Å². The maximum atomic E-state index is 11.8. The van der Waals surface area contributed by atoms with E-state index in [9.17, 15) is 29.7 Å². The van der Waals surface area contributed by atoms with Crippen LogP contribution in [0.25, 0.3) is 0 Å². The molecule has 1 amide bonds. The minimum absolute atomic E-state index is 0.00174. The predicted molar refractivity (Wildman–Crippen MR) is 89.5 cm³/mol. The third kappa shape index (κ3) is 3.32. The molecular weight excluding hydrogens is 376 g/mol. The largest absolute Gasteiger partial charge is 0.543 e. The van der Waals surface area contributed by atoms with Crippen LogP contribution in [0.15, 0.2) is 23.3 Å². The lowest BCUT2D eigenvalue weighted by Crippen LogP contribution is -2.48. The van der Waals surface area contributed by atoms with Gasteiger partial charge >= 0.3 is 12.3 Å². The Balaban J connectivity index is 1.93. The number of fused-ring (bicyclic) bond motifs is 1. The number of aromatic nitrogens is 3. The second-order valence-electron chi connectivity index (χ2n) is 6.76. The first-order chi connectivity index (χ1) is 12.8. The Morgan fingerprint density at radius 1 is 1.52 bits per heavy atom. The number of carboxylic acid groups (broad SMARTS) is 2. The van der Waals surface area contributed by atoms with Crippen LogP contribution < -0.4 is 9.79 Å². The van der Waals surface area contributed by atoms with Crippen molar-refractivity contribution in [1.82, 2.24) is 14.6 Å². The molecule has 11 heteroatoms. The molecule has 0 radical (unpaired) electrons. The highest BCUT2D eigenvalue weighted by Crippen LogP contribution is 2.45. The number of nitrogens with zero attached hydrogens (tertiary/aromatic N) is 4. The molecule has 4 atom stereocenters. The second-order valence-corrected chi connectivity index (χ2v) is 8.10. The molecule has 3 rings (SSSR count). The number of hydrogen-bond acceptors (Lipinski definition) is 7. The lowest BCUT2D eigenvalue weighted by atomic mass is 9.87. The van der Waals surface area contributed by atoms with Crippen LogP contribution in [0.4, 0.5) is 0 Å². The van der Waals surface area contributed by atoms with Gasteiger partial charge in [-0.25, -0.2) is 0 Å². The van der Waals surface area contributed by atoms with Gasteiger partial charge in [0.05, 0.1) is 35.6 Å². The van der Waals surface area contributed by atoms with Crippen molar-refractivity contribution < 1.29 is 34.4 Å². The first-order valence-electron chi connectivity index (χ1n) is 8.42. The topological polar surface area (TPSA) is 140 Å². The molecule has 27 heavy (non-hydrogen) atoms. The fourth-order valence-corrected chi connectivity index (χ4v) is 5.32. The standard InChI is InChI=1S/C16H20N4O6S/c1-8-12(11(9(2)22)15(23)24)20(7-21)13(16(25)26)14(8)27-10-3-18-5-17-6-19(18)4-10/h5-12,22H,3-4H2,1-2H3,(H-,23,24,25,26)/t8-,9+,11?,12?/m0/s1. The molecule has 2 N–H and O–H groups in total. The normalized spacial score (nSPS) is 26.8. The van der Waals surface area contributed by atoms with Crippen molar-refractivity contribution in [1.29, 1.82) is 0 Å². The average Bonchev–Trinajstić information content (AvgIpc) is 3.22. The molecule has 0 saturated heterocycles. The molecule has 0 aliphatic carbocycles. The summed E-state index contributed by atoms with van der Waals surface area (Å²) in [4.78, 5) is 40.4. The number of aliphatic hydroxyl groups excluding tert-OH is 1. The highest BCUT2D eigenvalue weighted by atomic mass is 32.2. The number of carbonyl (C=O) groups is 3. The molecule has 1 aromatic heterocycles. The summed E-state index contributed by atoms with van der Waals surface area (Å²) in [5.41, 5.74) is -0.320. The van der Waals surface area contributed by atoms with Gasteiger partial charge in [-0.1, -0.05) is 6.92 Å². The van der Waals surface area contributed by atoms with Crippen LogP contribution in [0.5, 0.6) is 0 Å². The summed E-state index contributed by atoms with van der Waals surface area (Å²) in [5, 5.41) is 31.2.